The lowest BCUT2D eigenvalue weighted by atomic mass is 9.78. The lowest BCUT2D eigenvalue weighted by Crippen LogP contribution is -2.54. The van der Waals surface area contributed by atoms with Crippen molar-refractivity contribution in [3.05, 3.63) is 47.3 Å². The number of anilines is 1. The van der Waals surface area contributed by atoms with Gasteiger partial charge in [0, 0.05) is 23.2 Å². The molecule has 3 fully saturated rings. The molecule has 1 aromatic heterocycles. The zero-order valence-electron chi connectivity index (χ0n) is 16.3. The molecule has 150 valence electrons. The summed E-state index contributed by atoms with van der Waals surface area (Å²) in [7, 11) is 0. The Morgan fingerprint density at radius 1 is 1.28 bits per heavy atom. The molecule has 29 heavy (non-hydrogen) atoms. The summed E-state index contributed by atoms with van der Waals surface area (Å²) in [4.78, 5) is 29.0. The number of nitrogens with zero attached hydrogens (tertiary/aromatic N) is 2. The monoisotopic (exact) mass is 391 g/mol. The molecule has 3 atom stereocenters. The number of carbonyl (C=O) groups is 2. The average Bonchev–Trinajstić information content (AvgIpc) is 3.07. The van der Waals surface area contributed by atoms with Gasteiger partial charge < -0.3 is 10.6 Å². The highest BCUT2D eigenvalue weighted by atomic mass is 16.2. The minimum absolute atomic E-state index is 0.0474. The molecule has 1 aromatic carbocycles. The predicted molar refractivity (Wildman–Crippen MR) is 107 cm³/mol. The standard InChI is InChI=1S/C22H25N5O2/c28-20(23-12-14-10-19(26-25-14)13-7-8-13)17-11-15-4-3-9-27(15)22(17)16-5-1-2-6-18(16)24-21(22)29/h1-2,5-6,10,13,15,17H,3-4,7-9,11-12H2,(H,23,28)(H,24,29)(H,25,26)/t15-,17+,22+/m1/s1. The van der Waals surface area contributed by atoms with Gasteiger partial charge in [-0.25, -0.2) is 0 Å². The number of aromatic nitrogens is 2. The van der Waals surface area contributed by atoms with E-state index in [2.05, 4.69) is 31.8 Å². The lowest BCUT2D eigenvalue weighted by Gasteiger charge is -2.36. The van der Waals surface area contributed by atoms with Gasteiger partial charge in [-0.15, -0.1) is 0 Å². The van der Waals surface area contributed by atoms with E-state index >= 15 is 0 Å². The second kappa shape index (κ2) is 6.16. The highest BCUT2D eigenvalue weighted by molar-refractivity contribution is 6.09. The SMILES string of the molecule is O=C(NCc1cc(C2CC2)n[nH]1)[C@@H]1C[C@H]2CCCN2[C@]12C(=O)Nc1ccccc12. The third-order valence-electron chi connectivity index (χ3n) is 7.19. The van der Waals surface area contributed by atoms with E-state index in [1.807, 2.05) is 24.3 Å². The number of hydrogen-bond acceptors (Lipinski definition) is 4. The van der Waals surface area contributed by atoms with E-state index in [-0.39, 0.29) is 23.8 Å². The van der Waals surface area contributed by atoms with Crippen LogP contribution in [0.1, 0.15) is 55.0 Å². The Kier molecular flexibility index (Phi) is 3.66. The van der Waals surface area contributed by atoms with Crippen LogP contribution >= 0.6 is 0 Å². The Labute approximate surface area is 169 Å². The summed E-state index contributed by atoms with van der Waals surface area (Å²) in [5.74, 6) is 0.0940. The van der Waals surface area contributed by atoms with E-state index in [1.165, 1.54) is 12.8 Å². The fourth-order valence-corrected chi connectivity index (χ4v) is 5.74. The molecule has 7 nitrogen and oxygen atoms in total. The molecule has 4 aliphatic rings. The Hall–Kier alpha value is -2.67. The number of amides is 2. The van der Waals surface area contributed by atoms with Crippen LogP contribution in [0.5, 0.6) is 0 Å². The molecule has 4 heterocycles. The zero-order valence-corrected chi connectivity index (χ0v) is 16.3. The van der Waals surface area contributed by atoms with Gasteiger partial charge in [0.1, 0.15) is 5.54 Å². The Bertz CT molecular complexity index is 997. The smallest absolute Gasteiger partial charge is 0.250 e. The summed E-state index contributed by atoms with van der Waals surface area (Å²) in [6.45, 7) is 1.28. The highest BCUT2D eigenvalue weighted by Crippen LogP contribution is 2.55. The van der Waals surface area contributed by atoms with Crippen molar-refractivity contribution < 1.29 is 9.59 Å². The number of hydrogen-bond donors (Lipinski definition) is 3. The third kappa shape index (κ3) is 2.43. The van der Waals surface area contributed by atoms with Crippen molar-refractivity contribution in [3.63, 3.8) is 0 Å². The number of fused-ring (bicyclic) bond motifs is 4. The van der Waals surface area contributed by atoms with Crippen LogP contribution in [-0.2, 0) is 21.7 Å². The van der Waals surface area contributed by atoms with Crippen LogP contribution in [0.2, 0.25) is 0 Å². The molecule has 2 amide bonds. The molecule has 0 bridgehead atoms. The van der Waals surface area contributed by atoms with E-state index < -0.39 is 5.54 Å². The zero-order chi connectivity index (χ0) is 19.6. The molecule has 0 unspecified atom stereocenters. The number of benzene rings is 1. The fourth-order valence-electron chi connectivity index (χ4n) is 5.74. The van der Waals surface area contributed by atoms with E-state index in [9.17, 15) is 9.59 Å². The molecule has 6 rings (SSSR count). The summed E-state index contributed by atoms with van der Waals surface area (Å²) in [5.41, 5.74) is 2.92. The van der Waals surface area contributed by atoms with Gasteiger partial charge in [0.2, 0.25) is 11.8 Å². The van der Waals surface area contributed by atoms with Crippen LogP contribution < -0.4 is 10.6 Å². The molecule has 7 heteroatoms. The van der Waals surface area contributed by atoms with Crippen molar-refractivity contribution in [2.24, 2.45) is 5.92 Å². The number of para-hydroxylation sites is 1. The quantitative estimate of drug-likeness (QED) is 0.746. The number of rotatable bonds is 4. The first-order valence-corrected chi connectivity index (χ1v) is 10.7. The van der Waals surface area contributed by atoms with Crippen LogP contribution in [-0.4, -0.2) is 39.5 Å². The van der Waals surface area contributed by atoms with E-state index in [4.69, 9.17) is 0 Å². The van der Waals surface area contributed by atoms with E-state index in [0.29, 0.717) is 12.5 Å². The summed E-state index contributed by atoms with van der Waals surface area (Å²) in [5, 5.41) is 13.5. The largest absolute Gasteiger partial charge is 0.350 e. The summed E-state index contributed by atoms with van der Waals surface area (Å²) < 4.78 is 0. The maximum atomic E-state index is 13.4. The molecule has 2 saturated heterocycles. The maximum absolute atomic E-state index is 13.4. The van der Waals surface area contributed by atoms with Gasteiger partial charge in [0.25, 0.3) is 0 Å². The second-order valence-electron chi connectivity index (χ2n) is 8.85. The van der Waals surface area contributed by atoms with Crippen LogP contribution in [0.25, 0.3) is 0 Å². The molecular formula is C22H25N5O2. The molecule has 1 aliphatic carbocycles. The first-order valence-electron chi connectivity index (χ1n) is 10.7. The van der Waals surface area contributed by atoms with Gasteiger partial charge in [-0.1, -0.05) is 18.2 Å². The number of aromatic amines is 1. The van der Waals surface area contributed by atoms with E-state index in [0.717, 1.165) is 48.4 Å². The topological polar surface area (TPSA) is 90.1 Å². The number of nitrogens with one attached hydrogen (secondary N) is 3. The first-order chi connectivity index (χ1) is 14.2. The third-order valence-corrected chi connectivity index (χ3v) is 7.19. The maximum Gasteiger partial charge on any atom is 0.250 e. The predicted octanol–water partition coefficient (Wildman–Crippen LogP) is 2.24. The molecule has 3 N–H and O–H groups in total. The highest BCUT2D eigenvalue weighted by Gasteiger charge is 2.65. The normalized spacial score (nSPS) is 30.4. The average molecular weight is 391 g/mol. The number of carbonyl (C=O) groups excluding carboxylic acids is 2. The number of H-pyrrole nitrogens is 1. The van der Waals surface area contributed by atoms with Crippen LogP contribution in [0, 0.1) is 5.92 Å². The lowest BCUT2D eigenvalue weighted by molar-refractivity contribution is -0.137. The van der Waals surface area contributed by atoms with Crippen molar-refractivity contribution in [2.75, 3.05) is 11.9 Å². The summed E-state index contributed by atoms with van der Waals surface area (Å²) >= 11 is 0. The van der Waals surface area contributed by atoms with Gasteiger partial charge in [-0.3, -0.25) is 19.6 Å². The van der Waals surface area contributed by atoms with Gasteiger partial charge >= 0.3 is 0 Å². The summed E-state index contributed by atoms with van der Waals surface area (Å²) in [6.07, 6.45) is 5.25. The van der Waals surface area contributed by atoms with Crippen LogP contribution in [0.3, 0.4) is 0 Å². The molecule has 0 radical (unpaired) electrons. The second-order valence-corrected chi connectivity index (χ2v) is 8.85. The molecule has 1 spiro atoms. The van der Waals surface area contributed by atoms with Crippen molar-refractivity contribution >= 4 is 17.5 Å². The molecule has 2 aromatic rings. The minimum Gasteiger partial charge on any atom is -0.350 e. The van der Waals surface area contributed by atoms with Crippen molar-refractivity contribution in [1.29, 1.82) is 0 Å². The van der Waals surface area contributed by atoms with E-state index in [1.54, 1.807) is 0 Å². The van der Waals surface area contributed by atoms with Crippen molar-refractivity contribution in [1.82, 2.24) is 20.4 Å². The molecule has 1 saturated carbocycles. The van der Waals surface area contributed by atoms with Crippen molar-refractivity contribution in [2.45, 2.75) is 56.1 Å². The minimum atomic E-state index is -0.880. The Morgan fingerprint density at radius 3 is 3.00 bits per heavy atom. The van der Waals surface area contributed by atoms with Gasteiger partial charge in [-0.05, 0) is 50.8 Å². The van der Waals surface area contributed by atoms with Crippen LogP contribution in [0.15, 0.2) is 30.3 Å². The van der Waals surface area contributed by atoms with Gasteiger partial charge in [-0.2, -0.15) is 5.10 Å². The summed E-state index contributed by atoms with van der Waals surface area (Å²) in [6, 6.07) is 10.2. The Morgan fingerprint density at radius 2 is 2.14 bits per heavy atom. The first kappa shape index (κ1) is 17.2. The fraction of sp³-hybridized carbons (Fsp3) is 0.500. The molecular weight excluding hydrogens is 366 g/mol. The van der Waals surface area contributed by atoms with Gasteiger partial charge in [0.15, 0.2) is 0 Å². The van der Waals surface area contributed by atoms with Gasteiger partial charge in [0.05, 0.1) is 23.9 Å². The van der Waals surface area contributed by atoms with Crippen molar-refractivity contribution in [3.8, 4) is 0 Å². The molecule has 3 aliphatic heterocycles. The Balaban J connectivity index is 1.29. The van der Waals surface area contributed by atoms with Crippen LogP contribution in [0.4, 0.5) is 5.69 Å².